The number of anilines is 1. The van der Waals surface area contributed by atoms with Crippen molar-refractivity contribution in [2.75, 3.05) is 11.9 Å². The van der Waals surface area contributed by atoms with Gasteiger partial charge in [-0.2, -0.15) is 0 Å². The van der Waals surface area contributed by atoms with Gasteiger partial charge in [-0.15, -0.1) is 5.10 Å². The van der Waals surface area contributed by atoms with E-state index in [9.17, 15) is 20.1 Å². The van der Waals surface area contributed by atoms with Crippen LogP contribution >= 0.6 is 0 Å². The van der Waals surface area contributed by atoms with Crippen LogP contribution in [0, 0.1) is 0 Å². The van der Waals surface area contributed by atoms with Crippen LogP contribution in [0.25, 0.3) is 11.5 Å². The molecule has 0 aliphatic rings. The smallest absolute Gasteiger partial charge is 0.316 e. The van der Waals surface area contributed by atoms with Gasteiger partial charge in [0, 0.05) is 12.4 Å². The summed E-state index contributed by atoms with van der Waals surface area (Å²) in [5.41, 5.74) is 0.562. The summed E-state index contributed by atoms with van der Waals surface area (Å²) in [6.45, 7) is -0.768. The minimum absolute atomic E-state index is 0.149. The molecule has 0 saturated heterocycles. The second kappa shape index (κ2) is 7.74. The van der Waals surface area contributed by atoms with Crippen molar-refractivity contribution in [3.05, 3.63) is 24.5 Å². The summed E-state index contributed by atoms with van der Waals surface area (Å²) in [5, 5.41) is 47.4. The zero-order valence-electron chi connectivity index (χ0n) is 11.9. The van der Waals surface area contributed by atoms with Crippen LogP contribution in [-0.2, 0) is 4.79 Å². The Kier molecular flexibility index (Phi) is 5.71. The van der Waals surface area contributed by atoms with Crippen molar-refractivity contribution in [1.29, 1.82) is 0 Å². The summed E-state index contributed by atoms with van der Waals surface area (Å²) < 4.78 is 5.28. The Morgan fingerprint density at radius 1 is 1.26 bits per heavy atom. The number of hydrogen-bond donors (Lipinski definition) is 5. The van der Waals surface area contributed by atoms with E-state index in [2.05, 4.69) is 20.5 Å². The molecule has 0 unspecified atom stereocenters. The van der Waals surface area contributed by atoms with Crippen molar-refractivity contribution >= 4 is 12.3 Å². The normalized spacial score (nSPS) is 16.3. The maximum Gasteiger partial charge on any atom is 0.316 e. The quantitative estimate of drug-likeness (QED) is 0.350. The molecule has 5 N–H and O–H groups in total. The fourth-order valence-corrected chi connectivity index (χ4v) is 1.78. The van der Waals surface area contributed by atoms with Crippen molar-refractivity contribution in [3.8, 4) is 11.5 Å². The molecule has 0 spiro atoms. The lowest BCUT2D eigenvalue weighted by Gasteiger charge is -2.25. The van der Waals surface area contributed by atoms with Crippen LogP contribution in [0.2, 0.25) is 0 Å². The molecule has 0 aliphatic carbocycles. The molecule has 2 rings (SSSR count). The van der Waals surface area contributed by atoms with E-state index in [0.717, 1.165) is 0 Å². The standard InChI is InChI=1S/C13H16N4O6/c18-5-8(10(21)11(22)9(20)6-19)15-13-17-16-12(23-13)7-2-1-3-14-4-7/h1-5,8-11,19-22H,6H2,(H,15,17)/t8-,9+,10+,11+/m0/s1. The van der Waals surface area contributed by atoms with Crippen LogP contribution in [0.4, 0.5) is 6.01 Å². The van der Waals surface area contributed by atoms with Crippen molar-refractivity contribution in [2.45, 2.75) is 24.4 Å². The first kappa shape index (κ1) is 17.0. The van der Waals surface area contributed by atoms with Gasteiger partial charge < -0.3 is 35.0 Å². The lowest BCUT2D eigenvalue weighted by Crippen LogP contribution is -2.49. The highest BCUT2D eigenvalue weighted by atomic mass is 16.4. The number of aliphatic hydroxyl groups excluding tert-OH is 4. The Bertz CT molecular complexity index is 622. The fraction of sp³-hybridized carbons (Fsp3) is 0.385. The number of nitrogens with one attached hydrogen (secondary N) is 1. The van der Waals surface area contributed by atoms with Crippen molar-refractivity contribution < 1.29 is 29.6 Å². The molecule has 2 aromatic heterocycles. The Morgan fingerprint density at radius 3 is 2.65 bits per heavy atom. The van der Waals surface area contributed by atoms with E-state index >= 15 is 0 Å². The van der Waals surface area contributed by atoms with Crippen molar-refractivity contribution in [1.82, 2.24) is 15.2 Å². The monoisotopic (exact) mass is 324 g/mol. The zero-order chi connectivity index (χ0) is 16.8. The molecule has 10 nitrogen and oxygen atoms in total. The third-order valence-electron chi connectivity index (χ3n) is 3.07. The topological polar surface area (TPSA) is 162 Å². The molecule has 0 fully saturated rings. The molecule has 0 radical (unpaired) electrons. The molecule has 23 heavy (non-hydrogen) atoms. The predicted molar refractivity (Wildman–Crippen MR) is 76.1 cm³/mol. The molecule has 0 saturated carbocycles. The zero-order valence-corrected chi connectivity index (χ0v) is 11.9. The first-order chi connectivity index (χ1) is 11.1. The number of aldehydes is 1. The highest BCUT2D eigenvalue weighted by molar-refractivity contribution is 5.63. The van der Waals surface area contributed by atoms with Gasteiger partial charge in [-0.3, -0.25) is 4.98 Å². The molecule has 0 aliphatic heterocycles. The SMILES string of the molecule is O=C[C@H](Nc1nnc(-c2cccnc2)o1)[C@@H](O)[C@H](O)[C@H](O)CO. The number of aliphatic hydroxyl groups is 4. The minimum atomic E-state index is -1.73. The highest BCUT2D eigenvalue weighted by Gasteiger charge is 2.32. The second-order valence-corrected chi connectivity index (χ2v) is 4.69. The number of carbonyl (C=O) groups excluding carboxylic acids is 1. The number of nitrogens with zero attached hydrogens (tertiary/aromatic N) is 3. The van der Waals surface area contributed by atoms with Gasteiger partial charge in [0.1, 0.15) is 30.6 Å². The van der Waals surface area contributed by atoms with Crippen molar-refractivity contribution in [3.63, 3.8) is 0 Å². The number of pyridine rings is 1. The van der Waals surface area contributed by atoms with Gasteiger partial charge in [-0.05, 0) is 12.1 Å². The van der Waals surface area contributed by atoms with Gasteiger partial charge in [0.15, 0.2) is 0 Å². The van der Waals surface area contributed by atoms with Crippen LogP contribution in [0.1, 0.15) is 0 Å². The molecular formula is C13H16N4O6. The van der Waals surface area contributed by atoms with Gasteiger partial charge >= 0.3 is 6.01 Å². The van der Waals surface area contributed by atoms with E-state index in [0.29, 0.717) is 11.8 Å². The van der Waals surface area contributed by atoms with Crippen LogP contribution in [0.3, 0.4) is 0 Å². The number of aromatic nitrogens is 3. The summed E-state index contributed by atoms with van der Waals surface area (Å²) in [5.74, 6) is 0.149. The van der Waals surface area contributed by atoms with E-state index < -0.39 is 31.0 Å². The first-order valence-electron chi connectivity index (χ1n) is 6.67. The van der Waals surface area contributed by atoms with Crippen LogP contribution in [0.5, 0.6) is 0 Å². The first-order valence-corrected chi connectivity index (χ1v) is 6.67. The molecule has 2 aromatic rings. The molecule has 4 atom stereocenters. The maximum atomic E-state index is 11.1. The lowest BCUT2D eigenvalue weighted by molar-refractivity contribution is -0.117. The molecule has 0 aromatic carbocycles. The molecule has 10 heteroatoms. The summed E-state index contributed by atoms with van der Waals surface area (Å²) in [7, 11) is 0. The summed E-state index contributed by atoms with van der Waals surface area (Å²) in [6.07, 6.45) is -1.63. The van der Waals surface area contributed by atoms with Gasteiger partial charge in [0.2, 0.25) is 0 Å². The van der Waals surface area contributed by atoms with Crippen molar-refractivity contribution in [2.24, 2.45) is 0 Å². The second-order valence-electron chi connectivity index (χ2n) is 4.69. The van der Waals surface area contributed by atoms with Gasteiger partial charge in [0.25, 0.3) is 5.89 Å². The highest BCUT2D eigenvalue weighted by Crippen LogP contribution is 2.19. The van der Waals surface area contributed by atoms with E-state index in [1.807, 2.05) is 0 Å². The molecular weight excluding hydrogens is 308 g/mol. The van der Waals surface area contributed by atoms with Crippen LogP contribution in [-0.4, -0.2) is 72.9 Å². The van der Waals surface area contributed by atoms with Crippen LogP contribution < -0.4 is 5.32 Å². The van der Waals surface area contributed by atoms with E-state index in [4.69, 9.17) is 9.52 Å². The Balaban J connectivity index is 2.08. The summed E-state index contributed by atoms with van der Waals surface area (Å²) in [4.78, 5) is 15.0. The van der Waals surface area contributed by atoms with E-state index in [1.165, 1.54) is 6.20 Å². The number of hydrogen-bond acceptors (Lipinski definition) is 10. The van der Waals surface area contributed by atoms with Crippen LogP contribution in [0.15, 0.2) is 28.9 Å². The fourth-order valence-electron chi connectivity index (χ4n) is 1.78. The minimum Gasteiger partial charge on any atom is -0.403 e. The van der Waals surface area contributed by atoms with Gasteiger partial charge in [-0.1, -0.05) is 5.10 Å². The Labute approximate surface area is 130 Å². The Morgan fingerprint density at radius 2 is 2.04 bits per heavy atom. The van der Waals surface area contributed by atoms with E-state index in [-0.39, 0.29) is 11.9 Å². The summed E-state index contributed by atoms with van der Waals surface area (Å²) >= 11 is 0. The molecule has 124 valence electrons. The third-order valence-corrected chi connectivity index (χ3v) is 3.07. The van der Waals surface area contributed by atoms with E-state index in [1.54, 1.807) is 18.3 Å². The number of carbonyl (C=O) groups is 1. The molecule has 0 bridgehead atoms. The number of rotatable bonds is 8. The molecule has 2 heterocycles. The maximum absolute atomic E-state index is 11.1. The Hall–Kier alpha value is -2.40. The van der Waals surface area contributed by atoms with Gasteiger partial charge in [0.05, 0.1) is 12.2 Å². The predicted octanol–water partition coefficient (Wildman–Crippen LogP) is -1.81. The average Bonchev–Trinajstić information content (AvgIpc) is 3.07. The summed E-state index contributed by atoms with van der Waals surface area (Å²) in [6, 6.07) is 1.88. The average molecular weight is 324 g/mol. The largest absolute Gasteiger partial charge is 0.403 e. The lowest BCUT2D eigenvalue weighted by atomic mass is 10.0. The third kappa shape index (κ3) is 4.07. The molecule has 0 amide bonds. The van der Waals surface area contributed by atoms with Gasteiger partial charge in [-0.25, -0.2) is 0 Å².